The average molecular weight is 441 g/mol. The summed E-state index contributed by atoms with van der Waals surface area (Å²) in [7, 11) is -2.19. The molecule has 160 valence electrons. The highest BCUT2D eigenvalue weighted by Crippen LogP contribution is 2.34. The van der Waals surface area contributed by atoms with Gasteiger partial charge in [0.05, 0.1) is 5.52 Å². The van der Waals surface area contributed by atoms with Crippen LogP contribution in [0.15, 0.2) is 47.8 Å². The number of nitrogens with one attached hydrogen (secondary N) is 1. The predicted octanol–water partition coefficient (Wildman–Crippen LogP) is 2.99. The molecule has 0 unspecified atom stereocenters. The van der Waals surface area contributed by atoms with Crippen molar-refractivity contribution < 1.29 is 17.5 Å². The molecule has 4 aromatic rings. The van der Waals surface area contributed by atoms with E-state index >= 15 is 0 Å². The summed E-state index contributed by atoms with van der Waals surface area (Å²) in [6, 6.07) is 10.2. The fraction of sp³-hybridized carbons (Fsp3) is 0.238. The molecule has 1 N–H and O–H groups in total. The highest BCUT2D eigenvalue weighted by molar-refractivity contribution is 7.89. The molecule has 10 heteroatoms. The van der Waals surface area contributed by atoms with Crippen molar-refractivity contribution in [2.75, 3.05) is 13.2 Å². The molecule has 31 heavy (non-hydrogen) atoms. The van der Waals surface area contributed by atoms with Crippen molar-refractivity contribution in [1.82, 2.24) is 24.1 Å². The monoisotopic (exact) mass is 441 g/mol. The van der Waals surface area contributed by atoms with Gasteiger partial charge in [0, 0.05) is 36.7 Å². The van der Waals surface area contributed by atoms with Gasteiger partial charge in [0.1, 0.15) is 29.5 Å². The molecule has 5 rings (SSSR count). The number of aromatic amines is 1. The van der Waals surface area contributed by atoms with E-state index in [9.17, 15) is 12.8 Å². The van der Waals surface area contributed by atoms with Crippen LogP contribution in [0.2, 0.25) is 0 Å². The van der Waals surface area contributed by atoms with Gasteiger partial charge >= 0.3 is 0 Å². The lowest BCUT2D eigenvalue weighted by atomic mass is 10.0. The molecule has 2 aromatic heterocycles. The van der Waals surface area contributed by atoms with E-state index in [2.05, 4.69) is 15.1 Å². The molecule has 0 radical (unpaired) electrons. The number of rotatable bonds is 3. The van der Waals surface area contributed by atoms with E-state index in [4.69, 9.17) is 4.74 Å². The molecular weight excluding hydrogens is 421 g/mol. The zero-order chi connectivity index (χ0) is 21.8. The molecule has 0 saturated heterocycles. The topological polar surface area (TPSA) is 93.1 Å². The number of halogens is 1. The number of hydrogen-bond donors (Lipinski definition) is 1. The van der Waals surface area contributed by atoms with Crippen molar-refractivity contribution in [3.63, 3.8) is 0 Å². The van der Waals surface area contributed by atoms with Gasteiger partial charge in [-0.15, -0.1) is 0 Å². The maximum absolute atomic E-state index is 14.7. The van der Waals surface area contributed by atoms with Gasteiger partial charge in [-0.25, -0.2) is 17.8 Å². The van der Waals surface area contributed by atoms with Crippen LogP contribution in [-0.4, -0.2) is 45.6 Å². The van der Waals surface area contributed by atoms with Gasteiger partial charge in [0.25, 0.3) is 10.0 Å². The van der Waals surface area contributed by atoms with Crippen molar-refractivity contribution in [1.29, 1.82) is 0 Å². The maximum Gasteiger partial charge on any atom is 0.258 e. The number of fused-ring (bicyclic) bond motifs is 2. The number of sulfonamides is 1. The van der Waals surface area contributed by atoms with Crippen LogP contribution in [-0.2, 0) is 23.6 Å². The van der Waals surface area contributed by atoms with Gasteiger partial charge < -0.3 is 9.72 Å². The molecule has 0 atom stereocenters. The van der Waals surface area contributed by atoms with E-state index in [-0.39, 0.29) is 30.2 Å². The molecular formula is C21H20FN5O3S. The Kier molecular flexibility index (Phi) is 4.56. The van der Waals surface area contributed by atoms with E-state index in [1.807, 2.05) is 24.3 Å². The Bertz CT molecular complexity index is 1410. The molecule has 0 fully saturated rings. The number of nitrogens with zero attached hydrogens (tertiary/aromatic N) is 4. The van der Waals surface area contributed by atoms with E-state index in [0.29, 0.717) is 28.1 Å². The number of H-pyrrole nitrogens is 1. The van der Waals surface area contributed by atoms with Crippen molar-refractivity contribution in [3.05, 3.63) is 59.7 Å². The first kappa shape index (κ1) is 19.7. The van der Waals surface area contributed by atoms with Crippen molar-refractivity contribution in [2.45, 2.75) is 18.5 Å². The summed E-state index contributed by atoms with van der Waals surface area (Å²) in [6.45, 7) is 2.33. The maximum atomic E-state index is 14.7. The number of aromatic nitrogens is 4. The van der Waals surface area contributed by atoms with Gasteiger partial charge in [0.15, 0.2) is 5.82 Å². The van der Waals surface area contributed by atoms with Crippen LogP contribution in [0.25, 0.3) is 22.3 Å². The Hall–Kier alpha value is -3.24. The SMILES string of the molecule is Cc1cc(F)c2[nH]c(S(=O)(=O)N3CCOc4ccccc4C3)cc2c1-c1ncn(C)n1. The molecule has 0 bridgehead atoms. The number of ether oxygens (including phenoxy) is 1. The molecule has 2 aromatic carbocycles. The Labute approximate surface area is 178 Å². The van der Waals surface area contributed by atoms with Gasteiger partial charge in [0.2, 0.25) is 0 Å². The highest BCUT2D eigenvalue weighted by atomic mass is 32.2. The Balaban J connectivity index is 1.63. The Morgan fingerprint density at radius 3 is 2.81 bits per heavy atom. The number of aryl methyl sites for hydroxylation is 2. The van der Waals surface area contributed by atoms with Gasteiger partial charge in [-0.2, -0.15) is 9.40 Å². The Morgan fingerprint density at radius 2 is 2.03 bits per heavy atom. The number of hydrogen-bond acceptors (Lipinski definition) is 5. The van der Waals surface area contributed by atoms with Gasteiger partial charge in [-0.3, -0.25) is 4.68 Å². The van der Waals surface area contributed by atoms with Crippen molar-refractivity contribution >= 4 is 20.9 Å². The third kappa shape index (κ3) is 3.28. The minimum atomic E-state index is -3.93. The van der Waals surface area contributed by atoms with E-state index in [1.165, 1.54) is 16.4 Å². The van der Waals surface area contributed by atoms with Crippen LogP contribution < -0.4 is 4.74 Å². The second kappa shape index (κ2) is 7.17. The first-order valence-electron chi connectivity index (χ1n) is 9.73. The van der Waals surface area contributed by atoms with E-state index < -0.39 is 15.8 Å². The first-order valence-corrected chi connectivity index (χ1v) is 11.2. The lowest BCUT2D eigenvalue weighted by Crippen LogP contribution is -2.32. The van der Waals surface area contributed by atoms with Crippen LogP contribution in [0.5, 0.6) is 5.75 Å². The fourth-order valence-electron chi connectivity index (χ4n) is 3.90. The molecule has 0 spiro atoms. The van der Waals surface area contributed by atoms with Crippen LogP contribution in [0.3, 0.4) is 0 Å². The van der Waals surface area contributed by atoms with Crippen LogP contribution in [0.1, 0.15) is 11.1 Å². The second-order valence-electron chi connectivity index (χ2n) is 7.51. The zero-order valence-corrected chi connectivity index (χ0v) is 17.8. The summed E-state index contributed by atoms with van der Waals surface area (Å²) < 4.78 is 50.2. The molecule has 1 aliphatic rings. The third-order valence-corrected chi connectivity index (χ3v) is 7.16. The molecule has 0 aliphatic carbocycles. The molecule has 1 aliphatic heterocycles. The summed E-state index contributed by atoms with van der Waals surface area (Å²) in [4.78, 5) is 7.05. The normalized spacial score (nSPS) is 14.9. The summed E-state index contributed by atoms with van der Waals surface area (Å²) >= 11 is 0. The second-order valence-corrected chi connectivity index (χ2v) is 9.42. The number of para-hydroxylation sites is 1. The smallest absolute Gasteiger partial charge is 0.258 e. The van der Waals surface area contributed by atoms with Crippen LogP contribution >= 0.6 is 0 Å². The molecule has 8 nitrogen and oxygen atoms in total. The van der Waals surface area contributed by atoms with E-state index in [0.717, 1.165) is 5.56 Å². The van der Waals surface area contributed by atoms with Crippen LogP contribution in [0.4, 0.5) is 4.39 Å². The summed E-state index contributed by atoms with van der Waals surface area (Å²) in [6.07, 6.45) is 1.54. The highest BCUT2D eigenvalue weighted by Gasteiger charge is 2.30. The third-order valence-electron chi connectivity index (χ3n) is 5.40. The molecule has 0 saturated carbocycles. The van der Waals surface area contributed by atoms with Gasteiger partial charge in [-0.1, -0.05) is 18.2 Å². The minimum absolute atomic E-state index is 0.0800. The van der Waals surface area contributed by atoms with E-state index in [1.54, 1.807) is 25.0 Å². The van der Waals surface area contributed by atoms with Crippen molar-refractivity contribution in [2.24, 2.45) is 7.05 Å². The Morgan fingerprint density at radius 1 is 1.23 bits per heavy atom. The average Bonchev–Trinajstić information content (AvgIpc) is 3.29. The fourth-order valence-corrected chi connectivity index (χ4v) is 5.30. The predicted molar refractivity (Wildman–Crippen MR) is 113 cm³/mol. The largest absolute Gasteiger partial charge is 0.492 e. The summed E-state index contributed by atoms with van der Waals surface area (Å²) in [5.41, 5.74) is 2.11. The molecule has 0 amide bonds. The molecule has 3 heterocycles. The quantitative estimate of drug-likeness (QED) is 0.528. The van der Waals surface area contributed by atoms with Crippen LogP contribution in [0, 0.1) is 12.7 Å². The zero-order valence-electron chi connectivity index (χ0n) is 17.0. The first-order chi connectivity index (χ1) is 14.8. The number of benzene rings is 2. The summed E-state index contributed by atoms with van der Waals surface area (Å²) in [5, 5.41) is 4.66. The summed E-state index contributed by atoms with van der Waals surface area (Å²) in [5.74, 6) is 0.547. The van der Waals surface area contributed by atoms with Crippen molar-refractivity contribution in [3.8, 4) is 17.1 Å². The lowest BCUT2D eigenvalue weighted by molar-refractivity contribution is 0.292. The standard InChI is InChI=1S/C21H20FN5O3S/c1-13-9-16(22)20-15(19(13)21-23-12-26(2)25-21)10-18(24-20)31(28,29)27-7-8-30-17-6-4-3-5-14(17)11-27/h3-6,9-10,12,24H,7-8,11H2,1-2H3. The minimum Gasteiger partial charge on any atom is -0.492 e. The lowest BCUT2D eigenvalue weighted by Gasteiger charge is -2.18. The van der Waals surface area contributed by atoms with Gasteiger partial charge in [-0.05, 0) is 30.7 Å².